The Hall–Kier alpha value is -3.48. The topological polar surface area (TPSA) is 68.6 Å². The smallest absolute Gasteiger partial charge is 0.317 e. The molecule has 1 saturated carbocycles. The van der Waals surface area contributed by atoms with Crippen LogP contribution in [0.25, 0.3) is 0 Å². The fourth-order valence-electron chi connectivity index (χ4n) is 4.43. The van der Waals surface area contributed by atoms with Crippen LogP contribution in [0.1, 0.15) is 50.2 Å². The average molecular weight is 477 g/mol. The number of aryl methyl sites for hydroxylation is 1. The molecule has 0 spiro atoms. The Morgan fingerprint density at radius 1 is 1.14 bits per heavy atom. The molecule has 2 amide bonds. The van der Waals surface area contributed by atoms with Crippen LogP contribution >= 0.6 is 0 Å². The van der Waals surface area contributed by atoms with Gasteiger partial charge in [0.05, 0.1) is 19.0 Å². The molecule has 186 valence electrons. The first-order valence-corrected chi connectivity index (χ1v) is 12.7. The number of imidazole rings is 1. The Labute approximate surface area is 208 Å². The number of para-hydroxylation sites is 1. The quantitative estimate of drug-likeness (QED) is 0.380. The van der Waals surface area contributed by atoms with E-state index in [4.69, 9.17) is 9.47 Å². The van der Waals surface area contributed by atoms with E-state index >= 15 is 0 Å². The van der Waals surface area contributed by atoms with Crippen molar-refractivity contribution >= 4 is 6.03 Å². The highest BCUT2D eigenvalue weighted by Gasteiger charge is 2.19. The number of hydrogen-bond donors (Lipinski definition) is 1. The van der Waals surface area contributed by atoms with E-state index in [1.54, 1.807) is 12.5 Å². The summed E-state index contributed by atoms with van der Waals surface area (Å²) in [6.45, 7) is 5.01. The number of hydrogen-bond acceptors (Lipinski definition) is 4. The first kappa shape index (κ1) is 24.6. The predicted molar refractivity (Wildman–Crippen MR) is 136 cm³/mol. The van der Waals surface area contributed by atoms with Crippen LogP contribution < -0.4 is 14.8 Å². The number of carbonyl (C=O) groups excluding carboxylic acids is 1. The Morgan fingerprint density at radius 3 is 2.69 bits per heavy atom. The minimum atomic E-state index is -0.0832. The van der Waals surface area contributed by atoms with Gasteiger partial charge in [-0.25, -0.2) is 9.78 Å². The van der Waals surface area contributed by atoms with Gasteiger partial charge in [0.15, 0.2) is 0 Å². The standard InChI is InChI=1S/C28H36N4O3/c1-2-34-25-14-12-23(13-15-25)21-32(18-7-17-31-19-16-29-22-31)28(33)30-20-24-8-3-6-11-27(24)35-26-9-4-5-10-26/h3,6,8,11-16,19,22,26H,2,4-5,7,9-10,17-18,20-21H2,1H3,(H,30,33). The molecule has 0 atom stereocenters. The van der Waals surface area contributed by atoms with Crippen LogP contribution in [0, 0.1) is 0 Å². The molecule has 3 aromatic rings. The van der Waals surface area contributed by atoms with Gasteiger partial charge >= 0.3 is 6.03 Å². The molecule has 0 saturated heterocycles. The Bertz CT molecular complexity index is 1030. The highest BCUT2D eigenvalue weighted by atomic mass is 16.5. The summed E-state index contributed by atoms with van der Waals surface area (Å²) in [5.41, 5.74) is 2.07. The molecular weight excluding hydrogens is 440 g/mol. The molecule has 0 unspecified atom stereocenters. The molecule has 1 heterocycles. The molecule has 1 aliphatic carbocycles. The van der Waals surface area contributed by atoms with Gasteiger partial charge in [-0.15, -0.1) is 0 Å². The Kier molecular flexibility index (Phi) is 9.04. The van der Waals surface area contributed by atoms with E-state index in [0.717, 1.165) is 48.4 Å². The van der Waals surface area contributed by atoms with Gasteiger partial charge in [0.1, 0.15) is 11.5 Å². The molecule has 2 aromatic carbocycles. The van der Waals surface area contributed by atoms with Crippen LogP contribution in [0.4, 0.5) is 4.79 Å². The minimum absolute atomic E-state index is 0.0832. The van der Waals surface area contributed by atoms with Crippen LogP contribution in [0.2, 0.25) is 0 Å². The fourth-order valence-corrected chi connectivity index (χ4v) is 4.43. The number of nitrogens with zero attached hydrogens (tertiary/aromatic N) is 3. The number of aromatic nitrogens is 2. The lowest BCUT2D eigenvalue weighted by Gasteiger charge is -2.24. The van der Waals surface area contributed by atoms with Crippen molar-refractivity contribution in [3.8, 4) is 11.5 Å². The van der Waals surface area contributed by atoms with E-state index in [2.05, 4.69) is 10.3 Å². The molecular formula is C28H36N4O3. The highest BCUT2D eigenvalue weighted by Crippen LogP contribution is 2.26. The minimum Gasteiger partial charge on any atom is -0.494 e. The van der Waals surface area contributed by atoms with Gasteiger partial charge in [-0.2, -0.15) is 0 Å². The molecule has 0 bridgehead atoms. The average Bonchev–Trinajstić information content (AvgIpc) is 3.59. The third kappa shape index (κ3) is 7.50. The summed E-state index contributed by atoms with van der Waals surface area (Å²) in [5.74, 6) is 1.71. The van der Waals surface area contributed by atoms with E-state index in [9.17, 15) is 4.79 Å². The monoisotopic (exact) mass is 476 g/mol. The van der Waals surface area contributed by atoms with Crippen LogP contribution in [-0.4, -0.2) is 39.7 Å². The third-order valence-corrected chi connectivity index (χ3v) is 6.30. The second-order valence-corrected chi connectivity index (χ2v) is 8.94. The molecule has 7 nitrogen and oxygen atoms in total. The van der Waals surface area contributed by atoms with Gasteiger partial charge in [0.25, 0.3) is 0 Å². The fraction of sp³-hybridized carbons (Fsp3) is 0.429. The van der Waals surface area contributed by atoms with Crippen molar-refractivity contribution in [2.75, 3.05) is 13.2 Å². The zero-order valence-corrected chi connectivity index (χ0v) is 20.6. The van der Waals surface area contributed by atoms with Crippen molar-refractivity contribution in [3.05, 3.63) is 78.4 Å². The molecule has 1 aliphatic rings. The molecule has 7 heteroatoms. The lowest BCUT2D eigenvalue weighted by atomic mass is 10.2. The van der Waals surface area contributed by atoms with Gasteiger partial charge in [-0.05, 0) is 62.8 Å². The van der Waals surface area contributed by atoms with Gasteiger partial charge in [0, 0.05) is 44.1 Å². The van der Waals surface area contributed by atoms with Crippen molar-refractivity contribution in [1.82, 2.24) is 19.8 Å². The van der Waals surface area contributed by atoms with Crippen molar-refractivity contribution in [2.45, 2.75) is 64.8 Å². The summed E-state index contributed by atoms with van der Waals surface area (Å²) in [5, 5.41) is 3.12. The Morgan fingerprint density at radius 2 is 1.94 bits per heavy atom. The zero-order chi connectivity index (χ0) is 24.3. The molecule has 1 aromatic heterocycles. The van der Waals surface area contributed by atoms with Gasteiger partial charge in [-0.3, -0.25) is 0 Å². The van der Waals surface area contributed by atoms with Gasteiger partial charge < -0.3 is 24.3 Å². The summed E-state index contributed by atoms with van der Waals surface area (Å²) in [6, 6.07) is 15.9. The van der Waals surface area contributed by atoms with E-state index in [0.29, 0.717) is 26.2 Å². The number of ether oxygens (including phenoxy) is 2. The zero-order valence-electron chi connectivity index (χ0n) is 20.6. The van der Waals surface area contributed by atoms with E-state index in [1.807, 2.05) is 71.1 Å². The number of urea groups is 1. The predicted octanol–water partition coefficient (Wildman–Crippen LogP) is 5.41. The first-order chi connectivity index (χ1) is 17.2. The van der Waals surface area contributed by atoms with Crippen molar-refractivity contribution in [1.29, 1.82) is 0 Å². The van der Waals surface area contributed by atoms with Crippen molar-refractivity contribution in [2.24, 2.45) is 0 Å². The first-order valence-electron chi connectivity index (χ1n) is 12.7. The van der Waals surface area contributed by atoms with Crippen LogP contribution in [-0.2, 0) is 19.6 Å². The van der Waals surface area contributed by atoms with E-state index in [-0.39, 0.29) is 12.1 Å². The van der Waals surface area contributed by atoms with Crippen molar-refractivity contribution in [3.63, 3.8) is 0 Å². The Balaban J connectivity index is 1.38. The molecule has 0 aliphatic heterocycles. The molecule has 35 heavy (non-hydrogen) atoms. The maximum absolute atomic E-state index is 13.3. The molecule has 1 N–H and O–H groups in total. The summed E-state index contributed by atoms with van der Waals surface area (Å²) in [6.07, 6.45) is 11.3. The largest absolute Gasteiger partial charge is 0.494 e. The molecule has 0 radical (unpaired) electrons. The normalized spacial score (nSPS) is 13.5. The van der Waals surface area contributed by atoms with Gasteiger partial charge in [-0.1, -0.05) is 30.3 Å². The molecule has 4 rings (SSSR count). The van der Waals surface area contributed by atoms with Gasteiger partial charge in [0.2, 0.25) is 0 Å². The number of rotatable bonds is 12. The molecule has 1 fully saturated rings. The second kappa shape index (κ2) is 12.8. The number of amides is 2. The maximum atomic E-state index is 13.3. The lowest BCUT2D eigenvalue weighted by Crippen LogP contribution is -2.40. The summed E-state index contributed by atoms with van der Waals surface area (Å²) in [7, 11) is 0. The number of benzene rings is 2. The van der Waals surface area contributed by atoms with Crippen LogP contribution in [0.5, 0.6) is 11.5 Å². The van der Waals surface area contributed by atoms with Crippen LogP contribution in [0.15, 0.2) is 67.3 Å². The highest BCUT2D eigenvalue weighted by molar-refractivity contribution is 5.74. The third-order valence-electron chi connectivity index (χ3n) is 6.30. The summed E-state index contributed by atoms with van der Waals surface area (Å²) in [4.78, 5) is 19.2. The van der Waals surface area contributed by atoms with E-state index < -0.39 is 0 Å². The van der Waals surface area contributed by atoms with Crippen molar-refractivity contribution < 1.29 is 14.3 Å². The SMILES string of the molecule is CCOc1ccc(CN(CCCn2ccnc2)C(=O)NCc2ccccc2OC2CCCC2)cc1. The lowest BCUT2D eigenvalue weighted by molar-refractivity contribution is 0.191. The number of carbonyl (C=O) groups is 1. The summed E-state index contributed by atoms with van der Waals surface area (Å²) >= 11 is 0. The maximum Gasteiger partial charge on any atom is 0.317 e. The second-order valence-electron chi connectivity index (χ2n) is 8.94. The number of nitrogens with one attached hydrogen (secondary N) is 1. The van der Waals surface area contributed by atoms with Crippen LogP contribution in [0.3, 0.4) is 0 Å². The van der Waals surface area contributed by atoms with E-state index in [1.165, 1.54) is 12.8 Å². The summed E-state index contributed by atoms with van der Waals surface area (Å²) < 4.78 is 13.8.